The van der Waals surface area contributed by atoms with Gasteiger partial charge in [0.25, 0.3) is 0 Å². The molecule has 0 aliphatic heterocycles. The number of thioether (sulfide) groups is 1. The van der Waals surface area contributed by atoms with Crippen LogP contribution in [-0.4, -0.2) is 27.1 Å². The summed E-state index contributed by atoms with van der Waals surface area (Å²) >= 11 is 1.98. The van der Waals surface area contributed by atoms with Gasteiger partial charge in [0.2, 0.25) is 5.95 Å². The van der Waals surface area contributed by atoms with Crippen LogP contribution < -0.4 is 5.32 Å². The van der Waals surface area contributed by atoms with Crippen LogP contribution in [-0.2, 0) is 6.54 Å². The van der Waals surface area contributed by atoms with Gasteiger partial charge < -0.3 is 9.88 Å². The Bertz CT molecular complexity index is 311. The molecule has 0 saturated heterocycles. The summed E-state index contributed by atoms with van der Waals surface area (Å²) in [5.74, 6) is 1.03. The lowest BCUT2D eigenvalue weighted by atomic mass is 10.2. The van der Waals surface area contributed by atoms with Gasteiger partial charge in [0.15, 0.2) is 0 Å². The van der Waals surface area contributed by atoms with Crippen molar-refractivity contribution in [2.75, 3.05) is 11.6 Å². The van der Waals surface area contributed by atoms with E-state index < -0.39 is 0 Å². The number of anilines is 1. The molecule has 2 atom stereocenters. The molecule has 2 rings (SSSR count). The second-order valence-electron chi connectivity index (χ2n) is 3.99. The fourth-order valence-electron chi connectivity index (χ4n) is 2.24. The Kier molecular flexibility index (Phi) is 3.57. The van der Waals surface area contributed by atoms with Crippen LogP contribution in [0, 0.1) is 0 Å². The summed E-state index contributed by atoms with van der Waals surface area (Å²) in [6.45, 7) is 3.13. The summed E-state index contributed by atoms with van der Waals surface area (Å²) in [5, 5.41) is 4.33. The van der Waals surface area contributed by atoms with Crippen molar-refractivity contribution >= 4 is 17.7 Å². The van der Waals surface area contributed by atoms with Crippen molar-refractivity contribution in [1.82, 2.24) is 9.55 Å². The Labute approximate surface area is 95.7 Å². The first-order chi connectivity index (χ1) is 7.35. The zero-order chi connectivity index (χ0) is 10.7. The minimum Gasteiger partial charge on any atom is -0.352 e. The molecule has 15 heavy (non-hydrogen) atoms. The molecular formula is C11H19N3S. The molecule has 0 aromatic carbocycles. The lowest BCUT2D eigenvalue weighted by Gasteiger charge is -2.20. The number of nitrogens with one attached hydrogen (secondary N) is 1. The highest BCUT2D eigenvalue weighted by atomic mass is 32.2. The van der Waals surface area contributed by atoms with E-state index in [4.69, 9.17) is 0 Å². The maximum Gasteiger partial charge on any atom is 0.203 e. The van der Waals surface area contributed by atoms with E-state index in [0.717, 1.165) is 17.7 Å². The first-order valence-corrected chi connectivity index (χ1v) is 6.94. The monoisotopic (exact) mass is 225 g/mol. The number of aryl methyl sites for hydroxylation is 1. The van der Waals surface area contributed by atoms with E-state index >= 15 is 0 Å². The van der Waals surface area contributed by atoms with E-state index in [9.17, 15) is 0 Å². The van der Waals surface area contributed by atoms with Crippen molar-refractivity contribution in [2.24, 2.45) is 0 Å². The van der Waals surface area contributed by atoms with Crippen LogP contribution >= 0.6 is 11.8 Å². The Hall–Kier alpha value is -0.640. The Morgan fingerprint density at radius 3 is 3.20 bits per heavy atom. The molecule has 4 heteroatoms. The topological polar surface area (TPSA) is 29.9 Å². The summed E-state index contributed by atoms with van der Waals surface area (Å²) in [6.07, 6.45) is 10.1. The van der Waals surface area contributed by atoms with Gasteiger partial charge in [-0.05, 0) is 26.0 Å². The van der Waals surface area contributed by atoms with Gasteiger partial charge in [-0.1, -0.05) is 6.42 Å². The van der Waals surface area contributed by atoms with Crippen molar-refractivity contribution in [1.29, 1.82) is 0 Å². The molecule has 1 aromatic rings. The lowest BCUT2D eigenvalue weighted by molar-refractivity contribution is 0.713. The van der Waals surface area contributed by atoms with Gasteiger partial charge in [-0.15, -0.1) is 0 Å². The minimum absolute atomic E-state index is 0.604. The van der Waals surface area contributed by atoms with Gasteiger partial charge in [-0.2, -0.15) is 11.8 Å². The number of nitrogens with zero attached hydrogens (tertiary/aromatic N) is 2. The first kappa shape index (κ1) is 10.9. The molecule has 1 aliphatic carbocycles. The zero-order valence-corrected chi connectivity index (χ0v) is 10.3. The van der Waals surface area contributed by atoms with Gasteiger partial charge in [0, 0.05) is 30.2 Å². The van der Waals surface area contributed by atoms with Gasteiger partial charge in [0.05, 0.1) is 0 Å². The first-order valence-electron chi connectivity index (χ1n) is 5.65. The molecule has 1 N–H and O–H groups in total. The molecule has 84 valence electrons. The highest BCUT2D eigenvalue weighted by molar-refractivity contribution is 7.99. The van der Waals surface area contributed by atoms with Gasteiger partial charge >= 0.3 is 0 Å². The molecular weight excluding hydrogens is 206 g/mol. The molecule has 1 heterocycles. The third kappa shape index (κ3) is 2.30. The predicted octanol–water partition coefficient (Wildman–Crippen LogP) is 2.60. The second kappa shape index (κ2) is 4.92. The average molecular weight is 225 g/mol. The summed E-state index contributed by atoms with van der Waals surface area (Å²) in [4.78, 5) is 4.36. The van der Waals surface area contributed by atoms with Crippen LogP contribution in [0.3, 0.4) is 0 Å². The molecule has 2 unspecified atom stereocenters. The fraction of sp³-hybridized carbons (Fsp3) is 0.727. The number of hydrogen-bond donors (Lipinski definition) is 1. The largest absolute Gasteiger partial charge is 0.352 e. The average Bonchev–Trinajstić information content (AvgIpc) is 2.87. The molecule has 3 nitrogen and oxygen atoms in total. The van der Waals surface area contributed by atoms with E-state index in [0.29, 0.717) is 6.04 Å². The highest BCUT2D eigenvalue weighted by Gasteiger charge is 2.27. The maximum absolute atomic E-state index is 4.36. The normalized spacial score (nSPS) is 25.7. The number of aromatic nitrogens is 2. The van der Waals surface area contributed by atoms with Gasteiger partial charge in [-0.25, -0.2) is 4.98 Å². The number of imidazole rings is 1. The Morgan fingerprint density at radius 1 is 1.60 bits per heavy atom. The number of rotatable bonds is 4. The van der Waals surface area contributed by atoms with Crippen molar-refractivity contribution in [3.8, 4) is 0 Å². The van der Waals surface area contributed by atoms with Crippen LogP contribution in [0.4, 0.5) is 5.95 Å². The quantitative estimate of drug-likeness (QED) is 0.854. The van der Waals surface area contributed by atoms with Crippen molar-refractivity contribution in [2.45, 2.75) is 44.0 Å². The molecule has 0 radical (unpaired) electrons. The molecule has 0 bridgehead atoms. The summed E-state index contributed by atoms with van der Waals surface area (Å²) in [7, 11) is 0. The third-order valence-electron chi connectivity index (χ3n) is 3.13. The van der Waals surface area contributed by atoms with Gasteiger partial charge in [-0.3, -0.25) is 0 Å². The molecule has 1 saturated carbocycles. The summed E-state index contributed by atoms with van der Waals surface area (Å²) < 4.78 is 2.16. The van der Waals surface area contributed by atoms with Gasteiger partial charge in [0.1, 0.15) is 0 Å². The van der Waals surface area contributed by atoms with E-state index in [1.807, 2.05) is 24.2 Å². The number of hydrogen-bond acceptors (Lipinski definition) is 3. The van der Waals surface area contributed by atoms with Crippen LogP contribution in [0.5, 0.6) is 0 Å². The fourth-order valence-corrected chi connectivity index (χ4v) is 3.18. The van der Waals surface area contributed by atoms with E-state index in [1.54, 1.807) is 0 Å². The Morgan fingerprint density at radius 2 is 2.47 bits per heavy atom. The van der Waals surface area contributed by atoms with Crippen molar-refractivity contribution in [3.05, 3.63) is 12.4 Å². The highest BCUT2D eigenvalue weighted by Crippen LogP contribution is 2.30. The zero-order valence-electron chi connectivity index (χ0n) is 9.44. The van der Waals surface area contributed by atoms with Crippen LogP contribution in [0.15, 0.2) is 12.4 Å². The van der Waals surface area contributed by atoms with Crippen molar-refractivity contribution < 1.29 is 0 Å². The summed E-state index contributed by atoms with van der Waals surface area (Å²) in [5.41, 5.74) is 0. The molecule has 1 aliphatic rings. The Balaban J connectivity index is 2.01. The SMILES string of the molecule is CCn1ccnc1NC1CCCC1SC. The predicted molar refractivity (Wildman–Crippen MR) is 66.5 cm³/mol. The molecule has 0 spiro atoms. The van der Waals surface area contributed by atoms with Crippen LogP contribution in [0.1, 0.15) is 26.2 Å². The molecule has 1 aromatic heterocycles. The second-order valence-corrected chi connectivity index (χ2v) is 5.07. The van der Waals surface area contributed by atoms with E-state index in [1.165, 1.54) is 19.3 Å². The maximum atomic E-state index is 4.36. The van der Waals surface area contributed by atoms with Crippen molar-refractivity contribution in [3.63, 3.8) is 0 Å². The summed E-state index contributed by atoms with van der Waals surface area (Å²) in [6, 6.07) is 0.604. The van der Waals surface area contributed by atoms with Crippen LogP contribution in [0.25, 0.3) is 0 Å². The molecule has 0 amide bonds. The third-order valence-corrected chi connectivity index (χ3v) is 4.30. The minimum atomic E-state index is 0.604. The lowest BCUT2D eigenvalue weighted by Crippen LogP contribution is -2.27. The standard InChI is InChI=1S/C11H19N3S/c1-3-14-8-7-12-11(14)13-9-5-4-6-10(9)15-2/h7-10H,3-6H2,1-2H3,(H,12,13). The van der Waals surface area contributed by atoms with Crippen LogP contribution in [0.2, 0.25) is 0 Å². The van der Waals surface area contributed by atoms with E-state index in [-0.39, 0.29) is 0 Å². The smallest absolute Gasteiger partial charge is 0.203 e. The molecule has 1 fully saturated rings. The van der Waals surface area contributed by atoms with E-state index in [2.05, 4.69) is 28.0 Å².